The summed E-state index contributed by atoms with van der Waals surface area (Å²) in [4.78, 5) is 23.0. The van der Waals surface area contributed by atoms with Crippen LogP contribution in [0.5, 0.6) is 0 Å². The highest BCUT2D eigenvalue weighted by atomic mass is 32.1. The van der Waals surface area contributed by atoms with E-state index >= 15 is 0 Å². The Kier molecular flexibility index (Phi) is 5.51. The maximum absolute atomic E-state index is 12.8. The van der Waals surface area contributed by atoms with Crippen LogP contribution in [0, 0.1) is 6.92 Å². The number of rotatable bonds is 5. The van der Waals surface area contributed by atoms with E-state index < -0.39 is 18.9 Å². The van der Waals surface area contributed by atoms with Crippen LogP contribution in [0.25, 0.3) is 16.2 Å². The molecule has 4 N–H and O–H groups in total. The second kappa shape index (κ2) is 7.69. The Morgan fingerprint density at radius 2 is 2.04 bits per heavy atom. The van der Waals surface area contributed by atoms with Crippen molar-refractivity contribution in [3.05, 3.63) is 70.7 Å². The van der Waals surface area contributed by atoms with Crippen molar-refractivity contribution in [3.63, 3.8) is 0 Å². The summed E-state index contributed by atoms with van der Waals surface area (Å²) in [6, 6.07) is 13.1. The molecule has 27 heavy (non-hydrogen) atoms. The molecule has 0 radical (unpaired) electrons. The van der Waals surface area contributed by atoms with Gasteiger partial charge in [-0.05, 0) is 47.0 Å². The van der Waals surface area contributed by atoms with E-state index in [-0.39, 0.29) is 0 Å². The van der Waals surface area contributed by atoms with E-state index in [4.69, 9.17) is 5.73 Å². The monoisotopic (exact) mass is 400 g/mol. The minimum atomic E-state index is -3.73. The van der Waals surface area contributed by atoms with Gasteiger partial charge in [0, 0.05) is 23.3 Å². The highest BCUT2D eigenvalue weighted by Crippen LogP contribution is 2.54. The minimum Gasteiger partial charge on any atom is -0.398 e. The maximum atomic E-state index is 12.8. The number of amides is 1. The lowest BCUT2D eigenvalue weighted by Gasteiger charge is -2.18. The van der Waals surface area contributed by atoms with Crippen molar-refractivity contribution in [1.29, 1.82) is 0 Å². The van der Waals surface area contributed by atoms with E-state index in [2.05, 4.69) is 5.32 Å². The number of benzene rings is 2. The number of anilines is 1. The quantitative estimate of drug-likeness (QED) is 0.434. The maximum Gasteiger partial charge on any atom is 0.241 e. The van der Waals surface area contributed by atoms with Gasteiger partial charge in [-0.15, -0.1) is 11.3 Å². The lowest BCUT2D eigenvalue weighted by atomic mass is 10.1. The lowest BCUT2D eigenvalue weighted by Crippen LogP contribution is -2.25. The van der Waals surface area contributed by atoms with Gasteiger partial charge in [-0.3, -0.25) is 9.36 Å². The minimum absolute atomic E-state index is 0.518. The molecule has 2 unspecified atom stereocenters. The third-order valence-corrected chi connectivity index (χ3v) is 6.72. The first-order valence-electron chi connectivity index (χ1n) is 8.36. The zero-order valence-electron chi connectivity index (χ0n) is 15.0. The largest absolute Gasteiger partial charge is 0.398 e. The van der Waals surface area contributed by atoms with Crippen molar-refractivity contribution in [3.8, 4) is 0 Å². The molecule has 1 amide bonds. The Bertz CT molecular complexity index is 1070. The smallest absolute Gasteiger partial charge is 0.241 e. The molecule has 0 bridgehead atoms. The van der Waals surface area contributed by atoms with Gasteiger partial charge in [0.2, 0.25) is 13.3 Å². The predicted octanol–water partition coefficient (Wildman–Crippen LogP) is 4.52. The highest BCUT2D eigenvalue weighted by Gasteiger charge is 2.35. The number of carbonyl (C=O) groups excluding carboxylic acids is 1. The number of nitrogen functional groups attached to an aromatic ring is 1. The summed E-state index contributed by atoms with van der Waals surface area (Å²) in [7, 11) is -3.73. The number of thiophene rings is 1. The van der Waals surface area contributed by atoms with Crippen molar-refractivity contribution in [2.45, 2.75) is 12.6 Å². The van der Waals surface area contributed by atoms with Gasteiger partial charge in [-0.2, -0.15) is 0 Å². The molecule has 7 heteroatoms. The third kappa shape index (κ3) is 4.30. The average Bonchev–Trinajstić information content (AvgIpc) is 2.98. The summed E-state index contributed by atoms with van der Waals surface area (Å²) in [6.07, 6.45) is 3.12. The number of carbonyl (C=O) groups is 1. The van der Waals surface area contributed by atoms with Crippen LogP contribution in [0.4, 0.5) is 5.69 Å². The number of fused-ring (bicyclic) bond motifs is 1. The Hall–Kier alpha value is -2.40. The lowest BCUT2D eigenvalue weighted by molar-refractivity contribution is -0.120. The van der Waals surface area contributed by atoms with Gasteiger partial charge < -0.3 is 15.9 Å². The predicted molar refractivity (Wildman–Crippen MR) is 113 cm³/mol. The van der Waals surface area contributed by atoms with Gasteiger partial charge in [0.05, 0.1) is 0 Å². The molecule has 0 saturated heterocycles. The normalized spacial score (nSPS) is 14.9. The van der Waals surface area contributed by atoms with E-state index in [1.807, 2.05) is 43.3 Å². The molecular formula is C20H21N2O3PS. The van der Waals surface area contributed by atoms with Crippen LogP contribution in [-0.4, -0.2) is 17.5 Å². The van der Waals surface area contributed by atoms with E-state index in [0.29, 0.717) is 11.3 Å². The summed E-state index contributed by atoms with van der Waals surface area (Å²) >= 11 is 1.46. The number of aryl methyl sites for hydroxylation is 1. The molecule has 3 rings (SSSR count). The molecule has 3 aromatic rings. The standard InChI is InChI=1S/C20H21N2O3PS/c1-13-7-8-18-15(11-13)16(12-27-18)19(26(2,24)25)20(23)22-10-9-14-5-3-4-6-17(14)21/h3-12,19H,21H2,1-2H3,(H,22,23)(H,24,25)/b10-9+. The number of para-hydroxylation sites is 1. The van der Waals surface area contributed by atoms with Crippen LogP contribution in [0.3, 0.4) is 0 Å². The molecule has 0 aliphatic heterocycles. The van der Waals surface area contributed by atoms with Crippen molar-refractivity contribution < 1.29 is 14.3 Å². The Labute approximate surface area is 162 Å². The molecule has 0 fully saturated rings. The van der Waals surface area contributed by atoms with E-state index in [1.54, 1.807) is 17.5 Å². The third-order valence-electron chi connectivity index (χ3n) is 4.27. The van der Waals surface area contributed by atoms with Crippen LogP contribution in [-0.2, 0) is 9.36 Å². The Balaban J connectivity index is 1.91. The van der Waals surface area contributed by atoms with Gasteiger partial charge >= 0.3 is 0 Å². The van der Waals surface area contributed by atoms with Gasteiger partial charge in [-0.1, -0.05) is 35.9 Å². The molecule has 1 heterocycles. The second-order valence-electron chi connectivity index (χ2n) is 6.51. The number of nitrogens with one attached hydrogen (secondary N) is 1. The van der Waals surface area contributed by atoms with E-state index in [1.165, 1.54) is 24.2 Å². The van der Waals surface area contributed by atoms with Gasteiger partial charge in [0.1, 0.15) is 5.66 Å². The topological polar surface area (TPSA) is 92.4 Å². The van der Waals surface area contributed by atoms with Crippen LogP contribution in [0.15, 0.2) is 54.0 Å². The van der Waals surface area contributed by atoms with Crippen molar-refractivity contribution >= 4 is 46.5 Å². The summed E-state index contributed by atoms with van der Waals surface area (Å²) in [5.41, 5.74) is 7.70. The van der Waals surface area contributed by atoms with Crippen molar-refractivity contribution in [2.24, 2.45) is 0 Å². The fourth-order valence-corrected chi connectivity index (χ4v) is 5.25. The molecular weight excluding hydrogens is 379 g/mol. The van der Waals surface area contributed by atoms with Crippen molar-refractivity contribution in [2.75, 3.05) is 12.4 Å². The van der Waals surface area contributed by atoms with Crippen LogP contribution >= 0.6 is 18.7 Å². The van der Waals surface area contributed by atoms with Crippen molar-refractivity contribution in [1.82, 2.24) is 5.32 Å². The highest BCUT2D eigenvalue weighted by molar-refractivity contribution is 7.58. The summed E-state index contributed by atoms with van der Waals surface area (Å²) < 4.78 is 13.5. The fourth-order valence-electron chi connectivity index (χ4n) is 2.95. The molecule has 0 aliphatic rings. The van der Waals surface area contributed by atoms with E-state index in [0.717, 1.165) is 21.2 Å². The average molecular weight is 400 g/mol. The van der Waals surface area contributed by atoms with Crippen LogP contribution in [0.2, 0.25) is 0 Å². The number of nitrogens with two attached hydrogens (primary N) is 1. The fraction of sp³-hybridized carbons (Fsp3) is 0.150. The second-order valence-corrected chi connectivity index (χ2v) is 9.82. The molecule has 0 spiro atoms. The first kappa shape index (κ1) is 19.4. The van der Waals surface area contributed by atoms with Gasteiger partial charge in [-0.25, -0.2) is 0 Å². The zero-order chi connectivity index (χ0) is 19.6. The summed E-state index contributed by atoms with van der Waals surface area (Å²) in [6.45, 7) is 3.17. The molecule has 1 aromatic heterocycles. The molecule has 5 nitrogen and oxygen atoms in total. The zero-order valence-corrected chi connectivity index (χ0v) is 16.8. The molecule has 2 aromatic carbocycles. The number of hydrogen-bond donors (Lipinski definition) is 3. The first-order chi connectivity index (χ1) is 12.8. The number of hydrogen-bond acceptors (Lipinski definition) is 4. The Morgan fingerprint density at radius 3 is 2.74 bits per heavy atom. The SMILES string of the molecule is Cc1ccc2scc(C(C(=O)N/C=C/c3ccccc3N)P(C)(=O)O)c2c1. The Morgan fingerprint density at radius 1 is 1.30 bits per heavy atom. The van der Waals surface area contributed by atoms with Crippen LogP contribution in [0.1, 0.15) is 22.3 Å². The molecule has 2 atom stereocenters. The van der Waals surface area contributed by atoms with Crippen LogP contribution < -0.4 is 11.1 Å². The summed E-state index contributed by atoms with van der Waals surface area (Å²) in [5, 5.41) is 5.26. The van der Waals surface area contributed by atoms with Gasteiger partial charge in [0.15, 0.2) is 0 Å². The first-order valence-corrected chi connectivity index (χ1v) is 11.4. The summed E-state index contributed by atoms with van der Waals surface area (Å²) in [5.74, 6) is -0.518. The van der Waals surface area contributed by atoms with Gasteiger partial charge in [0.25, 0.3) is 0 Å². The van der Waals surface area contributed by atoms with E-state index in [9.17, 15) is 14.3 Å². The molecule has 0 aliphatic carbocycles. The molecule has 140 valence electrons. The molecule has 0 saturated carbocycles.